The Morgan fingerprint density at radius 3 is 2.47 bits per heavy atom. The van der Waals surface area contributed by atoms with E-state index in [-0.39, 0.29) is 36.4 Å². The zero-order valence-electron chi connectivity index (χ0n) is 20.7. The quantitative estimate of drug-likeness (QED) is 0.623. The van der Waals surface area contributed by atoms with E-state index >= 15 is 0 Å². The van der Waals surface area contributed by atoms with Crippen LogP contribution in [-0.2, 0) is 14.3 Å². The summed E-state index contributed by atoms with van der Waals surface area (Å²) in [6.45, 7) is 3.43. The fourth-order valence-corrected chi connectivity index (χ4v) is 7.49. The van der Waals surface area contributed by atoms with Gasteiger partial charge in [0.25, 0.3) is 5.89 Å². The van der Waals surface area contributed by atoms with Gasteiger partial charge < -0.3 is 19.3 Å². The second-order valence-corrected chi connectivity index (χ2v) is 11.6. The smallest absolute Gasteiger partial charge is 0.329 e. The molecule has 0 spiro atoms. The number of carbonyl (C=O) groups excluding carboxylic acids is 2. The second kappa shape index (κ2) is 8.64. The number of aryl methyl sites for hydroxylation is 1. The molecule has 1 aromatic heterocycles. The lowest BCUT2D eigenvalue weighted by atomic mass is 9.49. The molecule has 4 bridgehead atoms. The summed E-state index contributed by atoms with van der Waals surface area (Å²) < 4.78 is 24.9. The third-order valence-corrected chi connectivity index (χ3v) is 8.82. The molecule has 4 saturated carbocycles. The maximum Gasteiger partial charge on any atom is 0.329 e. The molecule has 1 amide bonds. The number of hydrogen-bond donors (Lipinski definition) is 1. The van der Waals surface area contributed by atoms with Gasteiger partial charge in [0.05, 0.1) is 11.5 Å². The molecule has 36 heavy (non-hydrogen) atoms. The molecule has 1 aliphatic heterocycles. The average Bonchev–Trinajstić information content (AvgIpc) is 3.47. The number of amides is 1. The molecule has 7 rings (SSSR count). The van der Waals surface area contributed by atoms with Gasteiger partial charge in [0, 0.05) is 18.5 Å². The molecular weight excluding hydrogens is 465 g/mol. The van der Waals surface area contributed by atoms with Crippen molar-refractivity contribution in [3.63, 3.8) is 0 Å². The number of rotatable bonds is 5. The summed E-state index contributed by atoms with van der Waals surface area (Å²) in [5.74, 6) is 1.14. The van der Waals surface area contributed by atoms with E-state index in [0.717, 1.165) is 19.3 Å². The molecular formula is C27H32FN3O5. The first kappa shape index (κ1) is 23.6. The van der Waals surface area contributed by atoms with Crippen molar-refractivity contribution in [2.24, 2.45) is 23.2 Å². The Hall–Kier alpha value is -2.81. The molecule has 0 radical (unpaired) electrons. The number of likely N-dealkylation sites (tertiary alicyclic amines) is 1. The van der Waals surface area contributed by atoms with Crippen LogP contribution >= 0.6 is 0 Å². The maximum absolute atomic E-state index is 13.9. The van der Waals surface area contributed by atoms with Crippen molar-refractivity contribution >= 4 is 11.9 Å². The highest BCUT2D eigenvalue weighted by atomic mass is 19.1. The van der Waals surface area contributed by atoms with Crippen molar-refractivity contribution in [3.05, 3.63) is 35.5 Å². The first-order chi connectivity index (χ1) is 17.2. The number of β-amino-alcohol motifs (C(OH)–C–C–N with tert-alkyl or cyclic N) is 1. The van der Waals surface area contributed by atoms with E-state index in [1.807, 2.05) is 0 Å². The molecule has 192 valence electrons. The van der Waals surface area contributed by atoms with E-state index in [1.54, 1.807) is 30.9 Å². The Balaban J connectivity index is 1.16. The van der Waals surface area contributed by atoms with Crippen molar-refractivity contribution < 1.29 is 28.3 Å². The standard InChI is InChI=1S/C27H32FN3O5/c1-14-3-4-19(8-21(14)28)23-29-24(36-30-23)15(2)35-25(33)22-9-20(32)13-31(22)26(34)27-10-16-5-17(11-27)7-18(6-16)12-27/h3-4,8,15-18,20,22,32H,5-7,9-13H2,1-2H3/t15?,16?,17?,18?,20?,22-,27?/m0/s1. The van der Waals surface area contributed by atoms with Gasteiger partial charge in [0.15, 0.2) is 6.10 Å². The Bertz CT molecular complexity index is 1160. The van der Waals surface area contributed by atoms with Crippen LogP contribution in [0.4, 0.5) is 4.39 Å². The summed E-state index contributed by atoms with van der Waals surface area (Å²) in [6, 6.07) is 3.81. The van der Waals surface area contributed by atoms with Gasteiger partial charge in [0.2, 0.25) is 11.7 Å². The molecule has 3 atom stereocenters. The van der Waals surface area contributed by atoms with Gasteiger partial charge >= 0.3 is 5.97 Å². The summed E-state index contributed by atoms with van der Waals surface area (Å²) in [7, 11) is 0. The minimum Gasteiger partial charge on any atom is -0.451 e. The van der Waals surface area contributed by atoms with Crippen LogP contribution in [0, 0.1) is 35.9 Å². The third-order valence-electron chi connectivity index (χ3n) is 8.82. The highest BCUT2D eigenvalue weighted by molar-refractivity contribution is 5.89. The van der Waals surface area contributed by atoms with Crippen LogP contribution < -0.4 is 0 Å². The van der Waals surface area contributed by atoms with E-state index in [1.165, 1.54) is 25.3 Å². The van der Waals surface area contributed by atoms with Crippen molar-refractivity contribution in [1.29, 1.82) is 0 Å². The average molecular weight is 498 g/mol. The molecule has 9 heteroatoms. The normalized spacial score (nSPS) is 33.7. The summed E-state index contributed by atoms with van der Waals surface area (Å²) in [5.41, 5.74) is 0.572. The molecule has 2 unspecified atom stereocenters. The lowest BCUT2D eigenvalue weighted by Gasteiger charge is -2.56. The van der Waals surface area contributed by atoms with Crippen LogP contribution in [0.3, 0.4) is 0 Å². The second-order valence-electron chi connectivity index (χ2n) is 11.6. The number of aromatic nitrogens is 2. The molecule has 5 fully saturated rings. The van der Waals surface area contributed by atoms with E-state index in [2.05, 4.69) is 10.1 Å². The topological polar surface area (TPSA) is 106 Å². The van der Waals surface area contributed by atoms with E-state index in [0.29, 0.717) is 28.9 Å². The number of benzene rings is 1. The molecule has 5 aliphatic rings. The Morgan fingerprint density at radius 1 is 1.17 bits per heavy atom. The van der Waals surface area contributed by atoms with E-state index in [4.69, 9.17) is 9.26 Å². The van der Waals surface area contributed by atoms with Gasteiger partial charge in [0.1, 0.15) is 11.9 Å². The van der Waals surface area contributed by atoms with E-state index in [9.17, 15) is 19.1 Å². The Kier molecular flexibility index (Phi) is 5.66. The summed E-state index contributed by atoms with van der Waals surface area (Å²) >= 11 is 0. The van der Waals surface area contributed by atoms with E-state index < -0.39 is 29.6 Å². The van der Waals surface area contributed by atoms with Gasteiger partial charge in [-0.2, -0.15) is 4.98 Å². The van der Waals surface area contributed by atoms with Crippen LogP contribution in [0.25, 0.3) is 11.4 Å². The number of halogens is 1. The van der Waals surface area contributed by atoms with Crippen molar-refractivity contribution in [2.45, 2.75) is 77.0 Å². The van der Waals surface area contributed by atoms with Crippen molar-refractivity contribution in [1.82, 2.24) is 15.0 Å². The van der Waals surface area contributed by atoms with Crippen LogP contribution in [0.5, 0.6) is 0 Å². The van der Waals surface area contributed by atoms with Crippen LogP contribution in [-0.4, -0.2) is 50.7 Å². The maximum atomic E-state index is 13.9. The molecule has 8 nitrogen and oxygen atoms in total. The number of aliphatic hydroxyl groups is 1. The van der Waals surface area contributed by atoms with Gasteiger partial charge in [-0.3, -0.25) is 4.79 Å². The summed E-state index contributed by atoms with van der Waals surface area (Å²) in [4.78, 5) is 32.9. The predicted molar refractivity (Wildman–Crippen MR) is 126 cm³/mol. The van der Waals surface area contributed by atoms with Crippen LogP contribution in [0.15, 0.2) is 22.7 Å². The van der Waals surface area contributed by atoms with Crippen LogP contribution in [0.1, 0.15) is 69.4 Å². The number of carbonyl (C=O) groups is 2. The largest absolute Gasteiger partial charge is 0.451 e. The Morgan fingerprint density at radius 2 is 1.83 bits per heavy atom. The fourth-order valence-electron chi connectivity index (χ4n) is 7.49. The molecule has 2 heterocycles. The number of hydrogen-bond acceptors (Lipinski definition) is 7. The lowest BCUT2D eigenvalue weighted by molar-refractivity contribution is -0.168. The zero-order chi connectivity index (χ0) is 25.2. The first-order valence-corrected chi connectivity index (χ1v) is 13.0. The lowest BCUT2D eigenvalue weighted by Crippen LogP contribution is -2.56. The molecule has 1 aromatic carbocycles. The number of ether oxygens (including phenoxy) is 1. The van der Waals surface area contributed by atoms with Crippen molar-refractivity contribution in [2.75, 3.05) is 6.54 Å². The number of esters is 1. The van der Waals surface area contributed by atoms with Crippen LogP contribution in [0.2, 0.25) is 0 Å². The predicted octanol–water partition coefficient (Wildman–Crippen LogP) is 3.97. The first-order valence-electron chi connectivity index (χ1n) is 13.0. The zero-order valence-corrected chi connectivity index (χ0v) is 20.7. The third kappa shape index (κ3) is 4.01. The summed E-state index contributed by atoms with van der Waals surface area (Å²) in [5, 5.41) is 14.3. The van der Waals surface area contributed by atoms with Gasteiger partial charge in [-0.25, -0.2) is 9.18 Å². The minimum atomic E-state index is -0.858. The monoisotopic (exact) mass is 497 g/mol. The van der Waals surface area contributed by atoms with Gasteiger partial charge in [-0.15, -0.1) is 0 Å². The molecule has 4 aliphatic carbocycles. The fraction of sp³-hybridized carbons (Fsp3) is 0.630. The number of aliphatic hydroxyl groups excluding tert-OH is 1. The van der Waals surface area contributed by atoms with Crippen molar-refractivity contribution in [3.8, 4) is 11.4 Å². The van der Waals surface area contributed by atoms with Gasteiger partial charge in [-0.1, -0.05) is 17.3 Å². The molecule has 1 N–H and O–H groups in total. The summed E-state index contributed by atoms with van der Waals surface area (Å²) in [6.07, 6.45) is 4.89. The van der Waals surface area contributed by atoms with Gasteiger partial charge in [-0.05, 0) is 81.8 Å². The minimum absolute atomic E-state index is 0.00854. The molecule has 1 saturated heterocycles. The highest BCUT2D eigenvalue weighted by Crippen LogP contribution is 2.60. The molecule has 2 aromatic rings. The Labute approximate surface area is 209 Å². The highest BCUT2D eigenvalue weighted by Gasteiger charge is 2.57. The SMILES string of the molecule is Cc1ccc(-c2noc(C(C)OC(=O)[C@@H]3CC(O)CN3C(=O)C34CC5CC(CC(C5)C3)C4)n2)cc1F. The number of nitrogens with zero attached hydrogens (tertiary/aromatic N) is 3.